The molecule has 164 valence electrons. The molecule has 0 atom stereocenters. The number of sulfonamides is 1. The van der Waals surface area contributed by atoms with E-state index in [9.17, 15) is 26.4 Å². The fourth-order valence-electron chi connectivity index (χ4n) is 2.71. The van der Waals surface area contributed by atoms with Gasteiger partial charge in [0.15, 0.2) is 0 Å². The molecule has 0 unspecified atom stereocenters. The van der Waals surface area contributed by atoms with Crippen molar-refractivity contribution >= 4 is 21.6 Å². The van der Waals surface area contributed by atoms with E-state index in [1.54, 1.807) is 13.8 Å². The second-order valence-electron chi connectivity index (χ2n) is 5.98. The fraction of sp³-hybridized carbons (Fsp3) is 0.316. The molecule has 0 spiro atoms. The maximum atomic E-state index is 12.7. The van der Waals surface area contributed by atoms with Gasteiger partial charge in [0.2, 0.25) is 10.0 Å². The van der Waals surface area contributed by atoms with Gasteiger partial charge in [0, 0.05) is 24.8 Å². The Morgan fingerprint density at radius 1 is 1.10 bits per heavy atom. The van der Waals surface area contributed by atoms with E-state index in [0.29, 0.717) is 0 Å². The monoisotopic (exact) mass is 446 g/mol. The number of alkyl halides is 3. The Morgan fingerprint density at radius 2 is 1.77 bits per heavy atom. The van der Waals surface area contributed by atoms with Crippen LogP contribution in [0.4, 0.5) is 18.9 Å². The van der Waals surface area contributed by atoms with Gasteiger partial charge in [-0.2, -0.15) is 4.31 Å². The summed E-state index contributed by atoms with van der Waals surface area (Å²) >= 11 is 0. The van der Waals surface area contributed by atoms with Crippen LogP contribution in [0.1, 0.15) is 24.2 Å². The summed E-state index contributed by atoms with van der Waals surface area (Å²) in [6, 6.07) is 8.54. The maximum Gasteiger partial charge on any atom is 0.573 e. The molecule has 0 saturated carbocycles. The van der Waals surface area contributed by atoms with E-state index >= 15 is 0 Å². The molecule has 0 aromatic heterocycles. The van der Waals surface area contributed by atoms with Gasteiger partial charge in [-0.3, -0.25) is 4.79 Å². The number of halogens is 3. The van der Waals surface area contributed by atoms with Crippen molar-refractivity contribution in [3.8, 4) is 11.5 Å². The van der Waals surface area contributed by atoms with E-state index in [-0.39, 0.29) is 35.0 Å². The van der Waals surface area contributed by atoms with Crippen molar-refractivity contribution in [2.24, 2.45) is 0 Å². The minimum Gasteiger partial charge on any atom is -0.496 e. The van der Waals surface area contributed by atoms with Crippen LogP contribution in [0, 0.1) is 0 Å². The number of carbonyl (C=O) groups is 1. The third-order valence-electron chi connectivity index (χ3n) is 4.08. The fourth-order valence-corrected chi connectivity index (χ4v) is 4.19. The molecule has 0 aliphatic rings. The first-order chi connectivity index (χ1) is 14.0. The number of carbonyl (C=O) groups excluding carboxylic acids is 1. The highest BCUT2D eigenvalue weighted by Crippen LogP contribution is 2.28. The lowest BCUT2D eigenvalue weighted by Gasteiger charge is -2.19. The number of hydrogen-bond acceptors (Lipinski definition) is 5. The average Bonchev–Trinajstić information content (AvgIpc) is 2.67. The van der Waals surface area contributed by atoms with Crippen LogP contribution in [0.3, 0.4) is 0 Å². The van der Waals surface area contributed by atoms with E-state index in [2.05, 4.69) is 10.1 Å². The quantitative estimate of drug-likeness (QED) is 0.665. The van der Waals surface area contributed by atoms with Crippen molar-refractivity contribution in [3.05, 3.63) is 48.0 Å². The molecule has 30 heavy (non-hydrogen) atoms. The van der Waals surface area contributed by atoms with Gasteiger partial charge in [-0.15, -0.1) is 13.2 Å². The Balaban J connectivity index is 2.37. The Labute approximate surface area is 172 Å². The third kappa shape index (κ3) is 5.63. The van der Waals surface area contributed by atoms with Crippen LogP contribution in [0.15, 0.2) is 47.4 Å². The maximum absolute atomic E-state index is 12.7. The third-order valence-corrected chi connectivity index (χ3v) is 6.13. The highest BCUT2D eigenvalue weighted by atomic mass is 32.2. The molecule has 0 bridgehead atoms. The molecule has 2 rings (SSSR count). The summed E-state index contributed by atoms with van der Waals surface area (Å²) < 4.78 is 72.8. The van der Waals surface area contributed by atoms with Crippen LogP contribution < -0.4 is 14.8 Å². The standard InChI is InChI=1S/C19H21F3N2O5S/c1-4-24(5-2)30(26,27)15-9-10-17(28-3)16(12-15)18(25)23-13-7-6-8-14(11-13)29-19(20,21)22/h6-12H,4-5H2,1-3H3,(H,23,25). The zero-order valence-corrected chi connectivity index (χ0v) is 17.3. The van der Waals surface area contributed by atoms with Gasteiger partial charge in [0.05, 0.1) is 17.6 Å². The van der Waals surface area contributed by atoms with Gasteiger partial charge in [0.1, 0.15) is 11.5 Å². The van der Waals surface area contributed by atoms with Crippen molar-refractivity contribution in [1.82, 2.24) is 4.31 Å². The summed E-state index contributed by atoms with van der Waals surface area (Å²) in [5, 5.41) is 2.42. The number of ether oxygens (including phenoxy) is 2. The topological polar surface area (TPSA) is 84.9 Å². The summed E-state index contributed by atoms with van der Waals surface area (Å²) in [5.41, 5.74) is -0.0614. The van der Waals surface area contributed by atoms with Crippen molar-refractivity contribution in [2.45, 2.75) is 25.1 Å². The van der Waals surface area contributed by atoms with Crippen LogP contribution >= 0.6 is 0 Å². The predicted molar refractivity (Wildman–Crippen MR) is 104 cm³/mol. The van der Waals surface area contributed by atoms with Crippen LogP contribution in [-0.2, 0) is 10.0 Å². The molecule has 0 fully saturated rings. The van der Waals surface area contributed by atoms with Gasteiger partial charge in [-0.05, 0) is 30.3 Å². The average molecular weight is 446 g/mol. The Bertz CT molecular complexity index is 1010. The number of methoxy groups -OCH3 is 1. The molecular weight excluding hydrogens is 425 g/mol. The molecule has 0 aliphatic heterocycles. The van der Waals surface area contributed by atoms with Crippen LogP contribution in [0.25, 0.3) is 0 Å². The minimum absolute atomic E-state index is 0.0285. The zero-order chi connectivity index (χ0) is 22.5. The Hall–Kier alpha value is -2.79. The Morgan fingerprint density at radius 3 is 2.33 bits per heavy atom. The molecule has 11 heteroatoms. The lowest BCUT2D eigenvalue weighted by atomic mass is 10.2. The number of nitrogens with zero attached hydrogens (tertiary/aromatic N) is 1. The molecule has 1 N–H and O–H groups in total. The highest BCUT2D eigenvalue weighted by Gasteiger charge is 2.31. The summed E-state index contributed by atoms with van der Waals surface area (Å²) in [6.07, 6.45) is -4.88. The van der Waals surface area contributed by atoms with E-state index in [1.807, 2.05) is 0 Å². The van der Waals surface area contributed by atoms with Crippen molar-refractivity contribution < 1.29 is 35.9 Å². The predicted octanol–water partition coefficient (Wildman–Crippen LogP) is 3.88. The molecule has 0 heterocycles. The van der Waals surface area contributed by atoms with E-state index in [4.69, 9.17) is 4.74 Å². The summed E-state index contributed by atoms with van der Waals surface area (Å²) in [5.74, 6) is -1.16. The van der Waals surface area contributed by atoms with Gasteiger partial charge < -0.3 is 14.8 Å². The second-order valence-corrected chi connectivity index (χ2v) is 7.92. The zero-order valence-electron chi connectivity index (χ0n) is 16.5. The van der Waals surface area contributed by atoms with Gasteiger partial charge >= 0.3 is 6.36 Å². The molecule has 0 aliphatic carbocycles. The first kappa shape index (κ1) is 23.5. The summed E-state index contributed by atoms with van der Waals surface area (Å²) in [4.78, 5) is 12.6. The lowest BCUT2D eigenvalue weighted by Crippen LogP contribution is -2.30. The first-order valence-electron chi connectivity index (χ1n) is 8.87. The second kappa shape index (κ2) is 9.35. The van der Waals surface area contributed by atoms with Crippen LogP contribution in [0.5, 0.6) is 11.5 Å². The van der Waals surface area contributed by atoms with E-state index in [1.165, 1.54) is 35.7 Å². The van der Waals surface area contributed by atoms with Crippen molar-refractivity contribution in [2.75, 3.05) is 25.5 Å². The van der Waals surface area contributed by atoms with Crippen molar-refractivity contribution in [3.63, 3.8) is 0 Å². The summed E-state index contributed by atoms with van der Waals surface area (Å²) in [7, 11) is -2.52. The summed E-state index contributed by atoms with van der Waals surface area (Å²) in [6.45, 7) is 3.87. The number of nitrogens with one attached hydrogen (secondary N) is 1. The van der Waals surface area contributed by atoms with Gasteiger partial charge in [-0.25, -0.2) is 8.42 Å². The highest BCUT2D eigenvalue weighted by molar-refractivity contribution is 7.89. The molecule has 1 amide bonds. The normalized spacial score (nSPS) is 12.0. The molecular formula is C19H21F3N2O5S. The SMILES string of the molecule is CCN(CC)S(=O)(=O)c1ccc(OC)c(C(=O)Nc2cccc(OC(F)(F)F)c2)c1. The molecule has 2 aromatic carbocycles. The van der Waals surface area contributed by atoms with E-state index < -0.39 is 28.0 Å². The van der Waals surface area contributed by atoms with Crippen molar-refractivity contribution in [1.29, 1.82) is 0 Å². The number of hydrogen-bond donors (Lipinski definition) is 1. The molecule has 7 nitrogen and oxygen atoms in total. The smallest absolute Gasteiger partial charge is 0.496 e. The minimum atomic E-state index is -4.88. The van der Waals surface area contributed by atoms with Gasteiger partial charge in [-0.1, -0.05) is 19.9 Å². The largest absolute Gasteiger partial charge is 0.573 e. The van der Waals surface area contributed by atoms with Gasteiger partial charge in [0.25, 0.3) is 5.91 Å². The van der Waals surface area contributed by atoms with Crippen LogP contribution in [0.2, 0.25) is 0 Å². The number of anilines is 1. The number of benzene rings is 2. The number of rotatable bonds is 8. The first-order valence-corrected chi connectivity index (χ1v) is 10.3. The van der Waals surface area contributed by atoms with E-state index in [0.717, 1.165) is 18.2 Å². The molecule has 0 radical (unpaired) electrons. The molecule has 0 saturated heterocycles. The molecule has 2 aromatic rings. The van der Waals surface area contributed by atoms with Crippen LogP contribution in [-0.4, -0.2) is 45.2 Å². The number of amides is 1. The Kier molecular flexibility index (Phi) is 7.32. The lowest BCUT2D eigenvalue weighted by molar-refractivity contribution is -0.274.